The van der Waals surface area contributed by atoms with E-state index in [-0.39, 0.29) is 11.9 Å². The molecular formula is C15H21FN2O. The summed E-state index contributed by atoms with van der Waals surface area (Å²) in [6, 6.07) is 5.57. The summed E-state index contributed by atoms with van der Waals surface area (Å²) in [7, 11) is 0. The third-order valence-corrected chi connectivity index (χ3v) is 3.97. The van der Waals surface area contributed by atoms with E-state index >= 15 is 0 Å². The van der Waals surface area contributed by atoms with Crippen LogP contribution in [-0.4, -0.2) is 37.7 Å². The Kier molecular flexibility index (Phi) is 4.11. The predicted octanol–water partition coefficient (Wildman–Crippen LogP) is 2.08. The van der Waals surface area contributed by atoms with Gasteiger partial charge in [-0.25, -0.2) is 4.39 Å². The molecule has 2 heterocycles. The summed E-state index contributed by atoms with van der Waals surface area (Å²) in [5.74, 6) is -0.0985. The first-order chi connectivity index (χ1) is 9.33. The van der Waals surface area contributed by atoms with Gasteiger partial charge in [0.25, 0.3) is 0 Å². The summed E-state index contributed by atoms with van der Waals surface area (Å²) < 4.78 is 19.8. The van der Waals surface area contributed by atoms with Gasteiger partial charge in [-0.2, -0.15) is 0 Å². The first-order valence-electron chi connectivity index (χ1n) is 7.16. The molecule has 1 aromatic rings. The van der Waals surface area contributed by atoms with E-state index < -0.39 is 0 Å². The van der Waals surface area contributed by atoms with Crippen LogP contribution in [0, 0.1) is 5.82 Å². The molecule has 3 rings (SSSR count). The Morgan fingerprint density at radius 2 is 2.16 bits per heavy atom. The van der Waals surface area contributed by atoms with Crippen LogP contribution < -0.4 is 5.32 Å². The highest BCUT2D eigenvalue weighted by atomic mass is 19.1. The van der Waals surface area contributed by atoms with Crippen LogP contribution in [0.3, 0.4) is 0 Å². The van der Waals surface area contributed by atoms with Crippen LogP contribution >= 0.6 is 0 Å². The molecule has 2 fully saturated rings. The fourth-order valence-corrected chi connectivity index (χ4v) is 2.85. The van der Waals surface area contributed by atoms with E-state index in [4.69, 9.17) is 4.74 Å². The van der Waals surface area contributed by atoms with Crippen molar-refractivity contribution in [1.82, 2.24) is 10.2 Å². The van der Waals surface area contributed by atoms with Gasteiger partial charge in [0.2, 0.25) is 0 Å². The van der Waals surface area contributed by atoms with Gasteiger partial charge in [-0.05, 0) is 37.6 Å². The number of ether oxygens (including phenoxy) is 1. The van der Waals surface area contributed by atoms with E-state index in [1.165, 1.54) is 12.8 Å². The van der Waals surface area contributed by atoms with Crippen molar-refractivity contribution in [2.75, 3.05) is 32.8 Å². The number of morpholine rings is 1. The normalized spacial score (nSPS) is 24.8. The van der Waals surface area contributed by atoms with Gasteiger partial charge < -0.3 is 10.1 Å². The lowest BCUT2D eigenvalue weighted by Crippen LogP contribution is -2.33. The molecule has 2 aliphatic rings. The summed E-state index contributed by atoms with van der Waals surface area (Å²) in [6.45, 7) is 5.27. The number of benzene rings is 1. The zero-order valence-electron chi connectivity index (χ0n) is 11.2. The van der Waals surface area contributed by atoms with Crippen molar-refractivity contribution in [2.45, 2.75) is 25.5 Å². The van der Waals surface area contributed by atoms with Crippen LogP contribution in [0.1, 0.15) is 30.1 Å². The Morgan fingerprint density at radius 1 is 1.32 bits per heavy atom. The van der Waals surface area contributed by atoms with E-state index in [0.29, 0.717) is 6.61 Å². The molecule has 1 aromatic carbocycles. The SMILES string of the molecule is Fc1cc(C2CNCCO2)ccc1CN1CCCC1. The molecule has 19 heavy (non-hydrogen) atoms. The minimum Gasteiger partial charge on any atom is -0.371 e. The van der Waals surface area contributed by atoms with Gasteiger partial charge >= 0.3 is 0 Å². The molecular weight excluding hydrogens is 243 g/mol. The van der Waals surface area contributed by atoms with Crippen LogP contribution in [0.25, 0.3) is 0 Å². The maximum atomic E-state index is 14.2. The molecule has 4 heteroatoms. The summed E-state index contributed by atoms with van der Waals surface area (Å²) in [5, 5.41) is 3.27. The second kappa shape index (κ2) is 5.99. The lowest BCUT2D eigenvalue weighted by molar-refractivity contribution is 0.0275. The zero-order valence-corrected chi connectivity index (χ0v) is 11.2. The first kappa shape index (κ1) is 13.0. The molecule has 1 atom stereocenters. The Hall–Kier alpha value is -0.970. The quantitative estimate of drug-likeness (QED) is 0.904. The van der Waals surface area contributed by atoms with Gasteiger partial charge in [0.1, 0.15) is 5.82 Å². The maximum absolute atomic E-state index is 14.2. The number of nitrogens with zero attached hydrogens (tertiary/aromatic N) is 1. The number of nitrogens with one attached hydrogen (secondary N) is 1. The van der Waals surface area contributed by atoms with Crippen molar-refractivity contribution in [2.24, 2.45) is 0 Å². The molecule has 2 aliphatic heterocycles. The molecule has 0 saturated carbocycles. The van der Waals surface area contributed by atoms with Crippen LogP contribution in [0.2, 0.25) is 0 Å². The molecule has 2 saturated heterocycles. The van der Waals surface area contributed by atoms with E-state index in [1.807, 2.05) is 12.1 Å². The molecule has 0 bridgehead atoms. The molecule has 0 aliphatic carbocycles. The van der Waals surface area contributed by atoms with E-state index in [0.717, 1.165) is 43.9 Å². The average molecular weight is 264 g/mol. The minimum atomic E-state index is -0.0985. The van der Waals surface area contributed by atoms with Crippen molar-refractivity contribution in [3.8, 4) is 0 Å². The lowest BCUT2D eigenvalue weighted by atomic mass is 10.0. The highest BCUT2D eigenvalue weighted by Crippen LogP contribution is 2.22. The van der Waals surface area contributed by atoms with Crippen LogP contribution in [-0.2, 0) is 11.3 Å². The van der Waals surface area contributed by atoms with Crippen molar-refractivity contribution >= 4 is 0 Å². The average Bonchev–Trinajstić information content (AvgIpc) is 2.95. The Bertz CT molecular complexity index is 426. The Morgan fingerprint density at radius 3 is 2.84 bits per heavy atom. The smallest absolute Gasteiger partial charge is 0.128 e. The predicted molar refractivity (Wildman–Crippen MR) is 72.5 cm³/mol. The van der Waals surface area contributed by atoms with Gasteiger partial charge in [0.15, 0.2) is 0 Å². The fraction of sp³-hybridized carbons (Fsp3) is 0.600. The number of hydrogen-bond acceptors (Lipinski definition) is 3. The largest absolute Gasteiger partial charge is 0.371 e. The monoisotopic (exact) mass is 264 g/mol. The minimum absolute atomic E-state index is 0.0101. The zero-order chi connectivity index (χ0) is 13.1. The standard InChI is InChI=1S/C15H21FN2O/c16-14-9-12(15-10-17-5-8-19-15)3-4-13(14)11-18-6-1-2-7-18/h3-4,9,15,17H,1-2,5-8,10-11H2. The van der Waals surface area contributed by atoms with Crippen molar-refractivity contribution in [3.05, 3.63) is 35.1 Å². The third kappa shape index (κ3) is 3.14. The number of halogens is 1. The number of likely N-dealkylation sites (tertiary alicyclic amines) is 1. The summed E-state index contributed by atoms with van der Waals surface area (Å²) in [5.41, 5.74) is 1.74. The molecule has 0 aromatic heterocycles. The molecule has 0 amide bonds. The summed E-state index contributed by atoms with van der Waals surface area (Å²) in [4.78, 5) is 2.32. The van der Waals surface area contributed by atoms with Gasteiger partial charge in [0.05, 0.1) is 12.7 Å². The van der Waals surface area contributed by atoms with Crippen LogP contribution in [0.15, 0.2) is 18.2 Å². The van der Waals surface area contributed by atoms with E-state index in [2.05, 4.69) is 10.2 Å². The van der Waals surface area contributed by atoms with Gasteiger partial charge in [-0.1, -0.05) is 12.1 Å². The van der Waals surface area contributed by atoms with Gasteiger partial charge in [0, 0.05) is 25.2 Å². The fourth-order valence-electron chi connectivity index (χ4n) is 2.85. The lowest BCUT2D eigenvalue weighted by Gasteiger charge is -2.24. The Balaban J connectivity index is 1.69. The highest BCUT2D eigenvalue weighted by Gasteiger charge is 2.18. The van der Waals surface area contributed by atoms with E-state index in [9.17, 15) is 4.39 Å². The van der Waals surface area contributed by atoms with Gasteiger partial charge in [-0.15, -0.1) is 0 Å². The molecule has 0 radical (unpaired) electrons. The molecule has 104 valence electrons. The molecule has 1 N–H and O–H groups in total. The van der Waals surface area contributed by atoms with Crippen molar-refractivity contribution < 1.29 is 9.13 Å². The summed E-state index contributed by atoms with van der Waals surface area (Å²) >= 11 is 0. The molecule has 3 nitrogen and oxygen atoms in total. The van der Waals surface area contributed by atoms with Gasteiger partial charge in [-0.3, -0.25) is 4.90 Å². The third-order valence-electron chi connectivity index (χ3n) is 3.97. The Labute approximate surface area is 113 Å². The molecule has 1 unspecified atom stereocenters. The topological polar surface area (TPSA) is 24.5 Å². The highest BCUT2D eigenvalue weighted by molar-refractivity contribution is 5.26. The summed E-state index contributed by atoms with van der Waals surface area (Å²) in [6.07, 6.45) is 2.46. The maximum Gasteiger partial charge on any atom is 0.128 e. The molecule has 0 spiro atoms. The number of hydrogen-bond donors (Lipinski definition) is 1. The number of rotatable bonds is 3. The van der Waals surface area contributed by atoms with E-state index in [1.54, 1.807) is 6.07 Å². The second-order valence-electron chi connectivity index (χ2n) is 5.40. The van der Waals surface area contributed by atoms with Crippen molar-refractivity contribution in [1.29, 1.82) is 0 Å². The first-order valence-corrected chi connectivity index (χ1v) is 7.16. The van der Waals surface area contributed by atoms with Crippen LogP contribution in [0.5, 0.6) is 0 Å². The second-order valence-corrected chi connectivity index (χ2v) is 5.40. The van der Waals surface area contributed by atoms with Crippen LogP contribution in [0.4, 0.5) is 4.39 Å². The van der Waals surface area contributed by atoms with Crippen molar-refractivity contribution in [3.63, 3.8) is 0 Å².